The molecule has 26 heavy (non-hydrogen) atoms. The first-order valence-corrected chi connectivity index (χ1v) is 8.66. The van der Waals surface area contributed by atoms with E-state index in [2.05, 4.69) is 5.32 Å². The largest absolute Gasteiger partial charge is 0.481 e. The Kier molecular flexibility index (Phi) is 5.37. The van der Waals surface area contributed by atoms with E-state index < -0.39 is 41.9 Å². The van der Waals surface area contributed by atoms with Crippen LogP contribution < -0.4 is 5.32 Å². The summed E-state index contributed by atoms with van der Waals surface area (Å²) in [6.45, 7) is 2.39. The molecule has 1 amide bonds. The first-order valence-electron chi connectivity index (χ1n) is 8.66. The smallest absolute Gasteiger partial charge is 0.338 e. The molecule has 0 saturated carbocycles. The summed E-state index contributed by atoms with van der Waals surface area (Å²) in [5, 5.41) is 12.1. The van der Waals surface area contributed by atoms with Crippen molar-refractivity contribution in [1.82, 2.24) is 0 Å². The predicted octanol–water partition coefficient (Wildman–Crippen LogP) is 2.24. The maximum absolute atomic E-state index is 12.5. The molecule has 2 aliphatic rings. The number of aliphatic carboxylic acids is 1. The predicted molar refractivity (Wildman–Crippen MR) is 92.7 cm³/mol. The third-order valence-electron chi connectivity index (χ3n) is 4.61. The van der Waals surface area contributed by atoms with Crippen LogP contribution in [0.3, 0.4) is 0 Å². The lowest BCUT2D eigenvalue weighted by molar-refractivity contribution is -0.145. The van der Waals surface area contributed by atoms with Gasteiger partial charge in [0.05, 0.1) is 30.3 Å². The molecule has 7 heteroatoms. The molecule has 2 N–H and O–H groups in total. The van der Waals surface area contributed by atoms with E-state index >= 15 is 0 Å². The van der Waals surface area contributed by atoms with E-state index in [4.69, 9.17) is 9.47 Å². The van der Waals surface area contributed by atoms with E-state index in [1.165, 1.54) is 0 Å². The van der Waals surface area contributed by atoms with Gasteiger partial charge in [0.1, 0.15) is 5.92 Å². The third kappa shape index (κ3) is 3.62. The summed E-state index contributed by atoms with van der Waals surface area (Å²) in [5.41, 5.74) is 0.879. The summed E-state index contributed by atoms with van der Waals surface area (Å²) in [7, 11) is 0. The highest BCUT2D eigenvalue weighted by Gasteiger charge is 2.53. The van der Waals surface area contributed by atoms with Gasteiger partial charge in [0, 0.05) is 5.69 Å². The Hall–Kier alpha value is -2.67. The number of carboxylic acid groups (broad SMARTS) is 1. The van der Waals surface area contributed by atoms with Crippen LogP contribution >= 0.6 is 0 Å². The van der Waals surface area contributed by atoms with Crippen LogP contribution in [0, 0.1) is 11.8 Å². The van der Waals surface area contributed by atoms with Crippen molar-refractivity contribution in [2.45, 2.75) is 32.0 Å². The lowest BCUT2D eigenvalue weighted by Crippen LogP contribution is -2.39. The standard InChI is InChI=1S/C19H21NO6/c1-2-3-10-25-19(24)11-4-6-12(7-5-11)20-17(21)15-13-8-9-14(26-13)16(15)18(22)23/h4-9,13-16H,2-3,10H2,1H3,(H,20,21)(H,22,23)/t13-,14+,15+,16-/m0/s1. The van der Waals surface area contributed by atoms with E-state index in [1.807, 2.05) is 6.92 Å². The number of hydrogen-bond donors (Lipinski definition) is 2. The van der Waals surface area contributed by atoms with Gasteiger partial charge in [-0.05, 0) is 30.7 Å². The first-order chi connectivity index (χ1) is 12.5. The minimum Gasteiger partial charge on any atom is -0.481 e. The molecule has 2 heterocycles. The topological polar surface area (TPSA) is 102 Å². The lowest BCUT2D eigenvalue weighted by atomic mass is 9.82. The van der Waals surface area contributed by atoms with Crippen molar-refractivity contribution in [3.8, 4) is 0 Å². The van der Waals surface area contributed by atoms with Gasteiger partial charge in [0.25, 0.3) is 0 Å². The second-order valence-corrected chi connectivity index (χ2v) is 6.40. The fourth-order valence-corrected chi connectivity index (χ4v) is 3.22. The average Bonchev–Trinajstić information content (AvgIpc) is 3.23. The normalized spacial score (nSPS) is 25.9. The van der Waals surface area contributed by atoms with E-state index in [9.17, 15) is 19.5 Å². The van der Waals surface area contributed by atoms with Crippen LogP contribution in [-0.2, 0) is 19.1 Å². The van der Waals surface area contributed by atoms with Crippen LogP contribution in [0.5, 0.6) is 0 Å². The Balaban J connectivity index is 1.62. The van der Waals surface area contributed by atoms with E-state index in [0.29, 0.717) is 17.9 Å². The number of carboxylic acids is 1. The molecular weight excluding hydrogens is 338 g/mol. The minimum atomic E-state index is -1.05. The lowest BCUT2D eigenvalue weighted by Gasteiger charge is -2.21. The number of ether oxygens (including phenoxy) is 2. The average molecular weight is 359 g/mol. The van der Waals surface area contributed by atoms with Gasteiger partial charge in [-0.15, -0.1) is 0 Å². The number of amides is 1. The van der Waals surface area contributed by atoms with Crippen LogP contribution in [0.2, 0.25) is 0 Å². The quantitative estimate of drug-likeness (QED) is 0.440. The second-order valence-electron chi connectivity index (χ2n) is 6.40. The summed E-state index contributed by atoms with van der Waals surface area (Å²) in [6.07, 6.45) is 4.08. The van der Waals surface area contributed by atoms with Gasteiger partial charge < -0.3 is 19.9 Å². The monoisotopic (exact) mass is 359 g/mol. The summed E-state index contributed by atoms with van der Waals surface area (Å²) in [6, 6.07) is 6.31. The Morgan fingerprint density at radius 3 is 2.38 bits per heavy atom. The Morgan fingerprint density at radius 2 is 1.77 bits per heavy atom. The molecule has 2 bridgehead atoms. The van der Waals surface area contributed by atoms with Gasteiger partial charge >= 0.3 is 11.9 Å². The minimum absolute atomic E-state index is 0.377. The zero-order valence-electron chi connectivity index (χ0n) is 14.4. The van der Waals surface area contributed by atoms with Crippen molar-refractivity contribution in [2.24, 2.45) is 11.8 Å². The summed E-state index contributed by atoms with van der Waals surface area (Å²) >= 11 is 0. The van der Waals surface area contributed by atoms with Crippen molar-refractivity contribution in [3.05, 3.63) is 42.0 Å². The van der Waals surface area contributed by atoms with Crippen LogP contribution in [0.15, 0.2) is 36.4 Å². The molecule has 3 rings (SSSR count). The molecule has 2 aliphatic heterocycles. The number of carbonyl (C=O) groups is 3. The van der Waals surface area contributed by atoms with Gasteiger partial charge in [-0.2, -0.15) is 0 Å². The van der Waals surface area contributed by atoms with Crippen molar-refractivity contribution >= 4 is 23.5 Å². The fraction of sp³-hybridized carbons (Fsp3) is 0.421. The molecule has 0 aliphatic carbocycles. The third-order valence-corrected chi connectivity index (χ3v) is 4.61. The SMILES string of the molecule is CCCCOC(=O)c1ccc(NC(=O)[C@H]2[C@@H](C(=O)O)[C@H]3C=C[C@@H]2O3)cc1. The molecular formula is C19H21NO6. The van der Waals surface area contributed by atoms with Crippen molar-refractivity contribution < 1.29 is 29.0 Å². The van der Waals surface area contributed by atoms with Crippen LogP contribution in [-0.4, -0.2) is 41.8 Å². The number of benzene rings is 1. The van der Waals surface area contributed by atoms with Crippen LogP contribution in [0.1, 0.15) is 30.1 Å². The number of esters is 1. The number of hydrogen-bond acceptors (Lipinski definition) is 5. The van der Waals surface area contributed by atoms with Crippen LogP contribution in [0.4, 0.5) is 5.69 Å². The Morgan fingerprint density at radius 1 is 1.12 bits per heavy atom. The second kappa shape index (κ2) is 7.70. The van der Waals surface area contributed by atoms with E-state index in [1.54, 1.807) is 36.4 Å². The number of fused-ring (bicyclic) bond motifs is 2. The van der Waals surface area contributed by atoms with E-state index in [0.717, 1.165) is 12.8 Å². The molecule has 4 atom stereocenters. The Bertz CT molecular complexity index is 726. The van der Waals surface area contributed by atoms with Crippen molar-refractivity contribution in [2.75, 3.05) is 11.9 Å². The highest BCUT2D eigenvalue weighted by molar-refractivity contribution is 5.97. The first kappa shape index (κ1) is 18.1. The van der Waals surface area contributed by atoms with Gasteiger partial charge in [0.15, 0.2) is 0 Å². The van der Waals surface area contributed by atoms with Gasteiger partial charge in [-0.3, -0.25) is 9.59 Å². The number of nitrogens with one attached hydrogen (secondary N) is 1. The van der Waals surface area contributed by atoms with Crippen LogP contribution in [0.25, 0.3) is 0 Å². The molecule has 0 aromatic heterocycles. The number of anilines is 1. The van der Waals surface area contributed by atoms with E-state index in [-0.39, 0.29) is 0 Å². The molecule has 7 nitrogen and oxygen atoms in total. The summed E-state index contributed by atoms with van der Waals surface area (Å²) in [5.74, 6) is -3.53. The number of rotatable bonds is 7. The highest BCUT2D eigenvalue weighted by Crippen LogP contribution is 2.39. The maximum Gasteiger partial charge on any atom is 0.338 e. The molecule has 1 saturated heterocycles. The molecule has 0 spiro atoms. The maximum atomic E-state index is 12.5. The molecule has 0 unspecified atom stereocenters. The van der Waals surface area contributed by atoms with Crippen molar-refractivity contribution in [3.63, 3.8) is 0 Å². The fourth-order valence-electron chi connectivity index (χ4n) is 3.22. The number of carbonyl (C=O) groups excluding carboxylic acids is 2. The zero-order chi connectivity index (χ0) is 18.7. The molecule has 1 aromatic rings. The molecule has 1 aromatic carbocycles. The number of unbranched alkanes of at least 4 members (excludes halogenated alkanes) is 1. The molecule has 1 fully saturated rings. The summed E-state index contributed by atoms with van der Waals surface area (Å²) < 4.78 is 10.6. The molecule has 0 radical (unpaired) electrons. The summed E-state index contributed by atoms with van der Waals surface area (Å²) in [4.78, 5) is 35.8. The highest BCUT2D eigenvalue weighted by atomic mass is 16.5. The van der Waals surface area contributed by atoms with Crippen molar-refractivity contribution in [1.29, 1.82) is 0 Å². The zero-order valence-corrected chi connectivity index (χ0v) is 14.4. The van der Waals surface area contributed by atoms with Gasteiger partial charge in [0.2, 0.25) is 5.91 Å². The Labute approximate surface area is 151 Å². The van der Waals surface area contributed by atoms with Gasteiger partial charge in [-0.25, -0.2) is 4.79 Å². The molecule has 138 valence electrons. The van der Waals surface area contributed by atoms with Gasteiger partial charge in [-0.1, -0.05) is 25.5 Å².